The molecule has 0 radical (unpaired) electrons. The van der Waals surface area contributed by atoms with Crippen LogP contribution in [0.25, 0.3) is 16.9 Å². The Bertz CT molecular complexity index is 1280. The van der Waals surface area contributed by atoms with Crippen LogP contribution in [0.4, 0.5) is 11.4 Å². The number of sulfonamides is 1. The number of nitro benzene ring substituents is 1. The summed E-state index contributed by atoms with van der Waals surface area (Å²) in [4.78, 5) is 23.3. The number of methoxy groups -OCH3 is 1. The van der Waals surface area contributed by atoms with Crippen molar-refractivity contribution in [2.45, 2.75) is 4.90 Å². The lowest BCUT2D eigenvalue weighted by atomic mass is 10.1. The number of hydrogen-bond donors (Lipinski definition) is 0. The van der Waals surface area contributed by atoms with E-state index in [1.54, 1.807) is 24.3 Å². The van der Waals surface area contributed by atoms with E-state index in [9.17, 15) is 23.3 Å². The molecule has 0 fully saturated rings. The zero-order valence-electron chi connectivity index (χ0n) is 15.3. The number of anilines is 1. The first-order valence-corrected chi connectivity index (χ1v) is 9.76. The van der Waals surface area contributed by atoms with E-state index in [2.05, 4.69) is 5.10 Å². The highest BCUT2D eigenvalue weighted by Gasteiger charge is 2.40. The molecule has 0 spiro atoms. The van der Waals surface area contributed by atoms with E-state index in [-0.39, 0.29) is 38.9 Å². The number of carbonyl (C=O) groups is 1. The molecule has 4 rings (SSSR count). The second-order valence-corrected chi connectivity index (χ2v) is 8.10. The third kappa shape index (κ3) is 2.58. The molecule has 148 valence electrons. The molecule has 0 unspecified atom stereocenters. The van der Waals surface area contributed by atoms with Crippen LogP contribution in [0.3, 0.4) is 0 Å². The fraction of sp³-hybridized carbons (Fsp3) is 0.111. The first kappa shape index (κ1) is 18.6. The summed E-state index contributed by atoms with van der Waals surface area (Å²) in [5.41, 5.74) is 0.0955. The summed E-state index contributed by atoms with van der Waals surface area (Å²) >= 11 is 0. The van der Waals surface area contributed by atoms with Gasteiger partial charge in [0, 0.05) is 18.7 Å². The molecular formula is C18H14N4O6S. The maximum atomic E-state index is 13.0. The van der Waals surface area contributed by atoms with Crippen molar-refractivity contribution in [3.63, 3.8) is 0 Å². The maximum Gasteiger partial charge on any atom is 0.360 e. The molecule has 1 aliphatic heterocycles. The fourth-order valence-corrected chi connectivity index (χ4v) is 4.71. The highest BCUT2D eigenvalue weighted by Crippen LogP contribution is 2.46. The number of para-hydroxylation sites is 2. The molecule has 0 saturated heterocycles. The third-order valence-corrected chi connectivity index (χ3v) is 6.46. The highest BCUT2D eigenvalue weighted by atomic mass is 32.2. The van der Waals surface area contributed by atoms with Crippen molar-refractivity contribution in [2.75, 3.05) is 18.5 Å². The van der Waals surface area contributed by atoms with Gasteiger partial charge in [0.2, 0.25) is 0 Å². The standard InChI is InChI=1S/C18H14N4O6S/c1-20-17-15(18(23)28-2)19-21(12-8-4-5-9-13(12)22(24)25)16(17)11-7-3-6-10-14(11)29(20,26)27/h3-10H,1-2H3. The number of nitro groups is 1. The summed E-state index contributed by atoms with van der Waals surface area (Å²) < 4.78 is 32.9. The second-order valence-electron chi connectivity index (χ2n) is 6.16. The molecule has 2 aromatic carbocycles. The van der Waals surface area contributed by atoms with Crippen molar-refractivity contribution in [3.8, 4) is 16.9 Å². The minimum atomic E-state index is -3.96. The van der Waals surface area contributed by atoms with E-state index >= 15 is 0 Å². The van der Waals surface area contributed by atoms with Crippen LogP contribution in [0, 0.1) is 10.1 Å². The summed E-state index contributed by atoms with van der Waals surface area (Å²) in [6.07, 6.45) is 0. The van der Waals surface area contributed by atoms with Crippen molar-refractivity contribution in [1.29, 1.82) is 0 Å². The van der Waals surface area contributed by atoms with E-state index in [0.717, 1.165) is 11.4 Å². The topological polar surface area (TPSA) is 125 Å². The monoisotopic (exact) mass is 414 g/mol. The highest BCUT2D eigenvalue weighted by molar-refractivity contribution is 7.93. The molecular weight excluding hydrogens is 400 g/mol. The quantitative estimate of drug-likeness (QED) is 0.366. The predicted octanol–water partition coefficient (Wildman–Crippen LogP) is 2.37. The number of aromatic nitrogens is 2. The average Bonchev–Trinajstić information content (AvgIpc) is 3.12. The number of rotatable bonds is 3. The molecule has 3 aromatic rings. The van der Waals surface area contributed by atoms with Gasteiger partial charge >= 0.3 is 5.97 Å². The zero-order valence-corrected chi connectivity index (χ0v) is 16.1. The summed E-state index contributed by atoms with van der Waals surface area (Å²) in [7, 11) is -1.52. The number of fused-ring (bicyclic) bond motifs is 3. The van der Waals surface area contributed by atoms with Crippen molar-refractivity contribution in [2.24, 2.45) is 0 Å². The predicted molar refractivity (Wildman–Crippen MR) is 103 cm³/mol. The van der Waals surface area contributed by atoms with E-state index in [4.69, 9.17) is 4.74 Å². The summed E-state index contributed by atoms with van der Waals surface area (Å²) in [5, 5.41) is 15.8. The lowest BCUT2D eigenvalue weighted by Gasteiger charge is -2.27. The van der Waals surface area contributed by atoms with Gasteiger partial charge in [-0.15, -0.1) is 0 Å². The van der Waals surface area contributed by atoms with Gasteiger partial charge in [-0.2, -0.15) is 5.10 Å². The number of ether oxygens (including phenoxy) is 1. The molecule has 11 heteroatoms. The smallest absolute Gasteiger partial charge is 0.360 e. The van der Waals surface area contributed by atoms with E-state index < -0.39 is 20.9 Å². The van der Waals surface area contributed by atoms with Gasteiger partial charge in [-0.1, -0.05) is 30.3 Å². The number of benzene rings is 2. The van der Waals surface area contributed by atoms with E-state index in [0.29, 0.717) is 0 Å². The van der Waals surface area contributed by atoms with Gasteiger partial charge in [0.1, 0.15) is 17.1 Å². The molecule has 29 heavy (non-hydrogen) atoms. The molecule has 0 atom stereocenters. The lowest BCUT2D eigenvalue weighted by Crippen LogP contribution is -2.31. The molecule has 0 amide bonds. The first-order valence-electron chi connectivity index (χ1n) is 8.32. The van der Waals surface area contributed by atoms with Crippen LogP contribution < -0.4 is 4.31 Å². The normalized spacial score (nSPS) is 14.1. The number of esters is 1. The molecule has 2 heterocycles. The number of carbonyl (C=O) groups excluding carboxylic acids is 1. The van der Waals surface area contributed by atoms with Crippen LogP contribution in [-0.2, 0) is 14.8 Å². The minimum absolute atomic E-state index is 0.00569. The lowest BCUT2D eigenvalue weighted by molar-refractivity contribution is -0.384. The summed E-state index contributed by atoms with van der Waals surface area (Å²) in [6, 6.07) is 12.1. The zero-order chi connectivity index (χ0) is 20.9. The van der Waals surface area contributed by atoms with Crippen LogP contribution in [0.15, 0.2) is 53.4 Å². The Hall–Kier alpha value is -3.73. The second kappa shape index (κ2) is 6.41. The van der Waals surface area contributed by atoms with Gasteiger partial charge in [-0.25, -0.2) is 17.9 Å². The minimum Gasteiger partial charge on any atom is -0.464 e. The average molecular weight is 414 g/mol. The van der Waals surface area contributed by atoms with Gasteiger partial charge in [0.15, 0.2) is 5.69 Å². The molecule has 10 nitrogen and oxygen atoms in total. The number of nitrogens with zero attached hydrogens (tertiary/aromatic N) is 4. The Balaban J connectivity index is 2.17. The van der Waals surface area contributed by atoms with Gasteiger partial charge in [-0.3, -0.25) is 14.4 Å². The Morgan fingerprint density at radius 2 is 1.79 bits per heavy atom. The van der Waals surface area contributed by atoms with Gasteiger partial charge in [0.25, 0.3) is 15.7 Å². The van der Waals surface area contributed by atoms with Crippen molar-refractivity contribution in [3.05, 3.63) is 64.3 Å². The summed E-state index contributed by atoms with van der Waals surface area (Å²) in [6.45, 7) is 0. The van der Waals surface area contributed by atoms with Crippen LogP contribution in [0.5, 0.6) is 0 Å². The Labute approximate surface area is 165 Å². The first-order chi connectivity index (χ1) is 13.8. The molecule has 0 bridgehead atoms. The molecule has 1 aromatic heterocycles. The maximum absolute atomic E-state index is 13.0. The van der Waals surface area contributed by atoms with Gasteiger partial charge in [-0.05, 0) is 12.1 Å². The van der Waals surface area contributed by atoms with Crippen LogP contribution in [0.1, 0.15) is 10.5 Å². The van der Waals surface area contributed by atoms with Crippen LogP contribution >= 0.6 is 0 Å². The Morgan fingerprint density at radius 3 is 2.48 bits per heavy atom. The van der Waals surface area contributed by atoms with E-state index in [1.165, 1.54) is 36.0 Å². The third-order valence-electron chi connectivity index (χ3n) is 4.64. The largest absolute Gasteiger partial charge is 0.464 e. The van der Waals surface area contributed by atoms with Crippen molar-refractivity contribution < 1.29 is 22.9 Å². The SMILES string of the molecule is COC(=O)c1nn(-c2ccccc2[N+](=O)[O-])c2c1N(C)S(=O)(=O)c1ccccc1-2. The van der Waals surface area contributed by atoms with Crippen molar-refractivity contribution >= 4 is 27.4 Å². The van der Waals surface area contributed by atoms with Crippen molar-refractivity contribution in [1.82, 2.24) is 9.78 Å². The Morgan fingerprint density at radius 1 is 1.14 bits per heavy atom. The van der Waals surface area contributed by atoms with Crippen LogP contribution in [-0.4, -0.2) is 43.2 Å². The molecule has 0 N–H and O–H groups in total. The van der Waals surface area contributed by atoms with Gasteiger partial charge in [0.05, 0.1) is 16.9 Å². The fourth-order valence-electron chi connectivity index (χ4n) is 3.31. The van der Waals surface area contributed by atoms with Crippen LogP contribution in [0.2, 0.25) is 0 Å². The molecule has 0 aliphatic carbocycles. The van der Waals surface area contributed by atoms with E-state index in [1.807, 2.05) is 0 Å². The molecule has 0 saturated carbocycles. The number of hydrogen-bond acceptors (Lipinski definition) is 7. The van der Waals surface area contributed by atoms with Gasteiger partial charge < -0.3 is 4.74 Å². The Kier molecular flexibility index (Phi) is 4.12. The molecule has 1 aliphatic rings. The summed E-state index contributed by atoms with van der Waals surface area (Å²) in [5.74, 6) is -0.861.